The highest BCUT2D eigenvalue weighted by Gasteiger charge is 2.54. The summed E-state index contributed by atoms with van der Waals surface area (Å²) in [6, 6.07) is 13.5. The standard InChI is InChI=1S/C30H35N5O5/c1-6-37-23-14-18-13-22(38-25(18)17(3)31-23)24-16(2)32-29(33-20-10-8-7-9-11-20)35-28(24)34-21-12-19(15-36)26-27(21)40-30(4,5)39-26/h7-11,13-14,19,21,26-27,36H,6,12,15H2,1-5H3,(H2,32,33,34,35)/t19-,21-,26-,27+/m1/s1. The summed E-state index contributed by atoms with van der Waals surface area (Å²) < 4.78 is 24.5. The van der Waals surface area contributed by atoms with Crippen LogP contribution in [0, 0.1) is 19.8 Å². The van der Waals surface area contributed by atoms with Crippen molar-refractivity contribution in [2.75, 3.05) is 23.8 Å². The van der Waals surface area contributed by atoms with Gasteiger partial charge in [0, 0.05) is 29.7 Å². The Hall–Kier alpha value is -3.73. The molecular formula is C30H35N5O5. The number of nitrogens with zero attached hydrogens (tertiary/aromatic N) is 3. The molecule has 3 aromatic heterocycles. The molecule has 0 spiro atoms. The fraction of sp³-hybridized carbons (Fsp3) is 0.433. The molecule has 3 N–H and O–H groups in total. The fourth-order valence-electron chi connectivity index (χ4n) is 5.78. The number of pyridine rings is 1. The lowest BCUT2D eigenvalue weighted by Crippen LogP contribution is -2.35. The number of aryl methyl sites for hydroxylation is 2. The monoisotopic (exact) mass is 545 g/mol. The number of aliphatic hydroxyl groups excluding tert-OH is 1. The molecule has 0 amide bonds. The van der Waals surface area contributed by atoms with Crippen LogP contribution in [0.3, 0.4) is 0 Å². The fourth-order valence-corrected chi connectivity index (χ4v) is 5.78. The van der Waals surface area contributed by atoms with E-state index >= 15 is 0 Å². The Labute approximate surface area is 233 Å². The SMILES string of the molecule is CCOc1cc2cc(-c3c(C)nc(Nc4ccccc4)nc3N[C@@H]3C[C@H](CO)[C@H]4OC(C)(C)O[C@H]43)oc2c(C)n1. The number of ether oxygens (including phenoxy) is 3. The van der Waals surface area contributed by atoms with Gasteiger partial charge in [0.25, 0.3) is 0 Å². The molecular weight excluding hydrogens is 510 g/mol. The summed E-state index contributed by atoms with van der Waals surface area (Å²) in [5, 5.41) is 17.9. The number of hydrogen-bond acceptors (Lipinski definition) is 10. The van der Waals surface area contributed by atoms with Crippen LogP contribution >= 0.6 is 0 Å². The highest BCUT2D eigenvalue weighted by molar-refractivity contribution is 5.88. The van der Waals surface area contributed by atoms with Gasteiger partial charge in [0.05, 0.1) is 35.7 Å². The molecule has 10 heteroatoms. The zero-order valence-electron chi connectivity index (χ0n) is 23.4. The molecule has 2 aliphatic rings. The number of para-hydroxylation sites is 1. The summed E-state index contributed by atoms with van der Waals surface area (Å²) in [6.07, 6.45) is 0.228. The molecule has 10 nitrogen and oxygen atoms in total. The summed E-state index contributed by atoms with van der Waals surface area (Å²) in [5.74, 6) is 1.47. The Morgan fingerprint density at radius 2 is 1.80 bits per heavy atom. The van der Waals surface area contributed by atoms with Crippen molar-refractivity contribution in [2.24, 2.45) is 5.92 Å². The number of aromatic nitrogens is 3. The maximum Gasteiger partial charge on any atom is 0.229 e. The molecule has 40 heavy (non-hydrogen) atoms. The normalized spacial score (nSPS) is 23.4. The lowest BCUT2D eigenvalue weighted by atomic mass is 10.1. The summed E-state index contributed by atoms with van der Waals surface area (Å²) in [4.78, 5) is 14.2. The van der Waals surface area contributed by atoms with Crippen molar-refractivity contribution in [2.45, 2.75) is 65.1 Å². The van der Waals surface area contributed by atoms with Gasteiger partial charge in [0.2, 0.25) is 11.8 Å². The first-order valence-electron chi connectivity index (χ1n) is 13.7. The zero-order valence-corrected chi connectivity index (χ0v) is 23.4. The zero-order chi connectivity index (χ0) is 28.0. The van der Waals surface area contributed by atoms with E-state index < -0.39 is 5.79 Å². The van der Waals surface area contributed by atoms with E-state index in [1.165, 1.54) is 0 Å². The Balaban J connectivity index is 1.42. The van der Waals surface area contributed by atoms with E-state index in [4.69, 9.17) is 28.6 Å². The highest BCUT2D eigenvalue weighted by atomic mass is 16.8. The summed E-state index contributed by atoms with van der Waals surface area (Å²) in [5.41, 5.74) is 3.79. The van der Waals surface area contributed by atoms with Gasteiger partial charge < -0.3 is 34.4 Å². The van der Waals surface area contributed by atoms with Gasteiger partial charge in [0.1, 0.15) is 17.7 Å². The minimum atomic E-state index is -0.727. The molecule has 1 aliphatic heterocycles. The molecule has 0 radical (unpaired) electrons. The third-order valence-electron chi connectivity index (χ3n) is 7.44. The Bertz CT molecular complexity index is 1520. The van der Waals surface area contributed by atoms with Crippen molar-refractivity contribution in [1.29, 1.82) is 0 Å². The largest absolute Gasteiger partial charge is 0.478 e. The average Bonchev–Trinajstić information content (AvgIpc) is 3.56. The molecule has 1 aliphatic carbocycles. The molecule has 1 saturated carbocycles. The molecule has 0 bridgehead atoms. The lowest BCUT2D eigenvalue weighted by molar-refractivity contribution is -0.158. The predicted molar refractivity (Wildman–Crippen MR) is 152 cm³/mol. The van der Waals surface area contributed by atoms with Crippen LogP contribution in [0.25, 0.3) is 22.3 Å². The van der Waals surface area contributed by atoms with E-state index in [1.54, 1.807) is 0 Å². The second-order valence-corrected chi connectivity index (χ2v) is 10.8. The maximum absolute atomic E-state index is 10.1. The van der Waals surface area contributed by atoms with Crippen LogP contribution in [-0.4, -0.2) is 57.3 Å². The van der Waals surface area contributed by atoms with Crippen molar-refractivity contribution in [3.05, 3.63) is 53.9 Å². The van der Waals surface area contributed by atoms with Gasteiger partial charge in [0.15, 0.2) is 11.4 Å². The molecule has 4 atom stereocenters. The van der Waals surface area contributed by atoms with E-state index in [0.717, 1.165) is 28.0 Å². The molecule has 2 fully saturated rings. The molecule has 210 valence electrons. The number of fused-ring (bicyclic) bond motifs is 2. The number of nitrogens with one attached hydrogen (secondary N) is 2. The Morgan fingerprint density at radius 3 is 2.55 bits per heavy atom. The molecule has 1 aromatic carbocycles. The summed E-state index contributed by atoms with van der Waals surface area (Å²) in [6.45, 7) is 10.1. The number of rotatable bonds is 8. The van der Waals surface area contributed by atoms with E-state index in [1.807, 2.05) is 77.1 Å². The van der Waals surface area contributed by atoms with Crippen LogP contribution in [0.15, 0.2) is 46.9 Å². The van der Waals surface area contributed by atoms with Crippen LogP contribution in [0.5, 0.6) is 5.88 Å². The second kappa shape index (κ2) is 10.3. The van der Waals surface area contributed by atoms with Gasteiger partial charge in [-0.25, -0.2) is 9.97 Å². The van der Waals surface area contributed by atoms with Crippen molar-refractivity contribution >= 4 is 28.4 Å². The first-order valence-corrected chi connectivity index (χ1v) is 13.7. The van der Waals surface area contributed by atoms with Gasteiger partial charge in [-0.2, -0.15) is 4.98 Å². The van der Waals surface area contributed by atoms with Crippen LogP contribution < -0.4 is 15.4 Å². The predicted octanol–water partition coefficient (Wildman–Crippen LogP) is 5.36. The summed E-state index contributed by atoms with van der Waals surface area (Å²) >= 11 is 0. The van der Waals surface area contributed by atoms with Crippen LogP contribution in [0.1, 0.15) is 38.6 Å². The Morgan fingerprint density at radius 1 is 1.02 bits per heavy atom. The van der Waals surface area contributed by atoms with E-state index in [9.17, 15) is 5.11 Å². The highest BCUT2D eigenvalue weighted by Crippen LogP contribution is 2.44. The van der Waals surface area contributed by atoms with Gasteiger partial charge in [-0.15, -0.1) is 0 Å². The van der Waals surface area contributed by atoms with Crippen LogP contribution in [0.4, 0.5) is 17.5 Å². The van der Waals surface area contributed by atoms with Crippen LogP contribution in [0.2, 0.25) is 0 Å². The van der Waals surface area contributed by atoms with Crippen molar-refractivity contribution in [3.8, 4) is 17.2 Å². The number of benzene rings is 1. The van der Waals surface area contributed by atoms with E-state index in [2.05, 4.69) is 15.6 Å². The smallest absolute Gasteiger partial charge is 0.229 e. The van der Waals surface area contributed by atoms with Gasteiger partial charge in [-0.3, -0.25) is 0 Å². The first-order chi connectivity index (χ1) is 19.2. The maximum atomic E-state index is 10.1. The topological polar surface area (TPSA) is 124 Å². The van der Waals surface area contributed by atoms with Gasteiger partial charge in [-0.1, -0.05) is 18.2 Å². The quantitative estimate of drug-likeness (QED) is 0.267. The third-order valence-corrected chi connectivity index (χ3v) is 7.44. The minimum Gasteiger partial charge on any atom is -0.478 e. The van der Waals surface area contributed by atoms with Crippen molar-refractivity contribution in [1.82, 2.24) is 15.0 Å². The van der Waals surface area contributed by atoms with Crippen molar-refractivity contribution in [3.63, 3.8) is 0 Å². The number of aliphatic hydroxyl groups is 1. The molecule has 1 saturated heterocycles. The average molecular weight is 546 g/mol. The Kier molecular flexibility index (Phi) is 6.85. The third kappa shape index (κ3) is 4.98. The number of anilines is 3. The second-order valence-electron chi connectivity index (χ2n) is 10.8. The molecule has 0 unspecified atom stereocenters. The van der Waals surface area contributed by atoms with Gasteiger partial charge in [-0.05, 0) is 59.2 Å². The summed E-state index contributed by atoms with van der Waals surface area (Å²) in [7, 11) is 0. The first kappa shape index (κ1) is 26.5. The number of furan rings is 1. The molecule has 4 heterocycles. The number of hydrogen-bond donors (Lipinski definition) is 3. The lowest BCUT2D eigenvalue weighted by Gasteiger charge is -2.25. The van der Waals surface area contributed by atoms with Crippen LogP contribution in [-0.2, 0) is 9.47 Å². The molecule has 4 aromatic rings. The molecule has 6 rings (SSSR count). The van der Waals surface area contributed by atoms with E-state index in [0.29, 0.717) is 42.0 Å². The van der Waals surface area contributed by atoms with Crippen molar-refractivity contribution < 1.29 is 23.7 Å². The van der Waals surface area contributed by atoms with Gasteiger partial charge >= 0.3 is 0 Å². The van der Waals surface area contributed by atoms with E-state index in [-0.39, 0.29) is 30.8 Å². The minimum absolute atomic E-state index is 0.0211.